The normalized spacial score (nSPS) is 10.6. The van der Waals surface area contributed by atoms with Crippen LogP contribution in [-0.4, -0.2) is 19.0 Å². The van der Waals surface area contributed by atoms with Crippen molar-refractivity contribution in [2.45, 2.75) is 13.8 Å². The van der Waals surface area contributed by atoms with Crippen molar-refractivity contribution in [3.8, 4) is 11.1 Å². The van der Waals surface area contributed by atoms with Gasteiger partial charge in [-0.15, -0.1) is 0 Å². The molecule has 0 radical (unpaired) electrons. The summed E-state index contributed by atoms with van der Waals surface area (Å²) in [4.78, 5) is 15.7. The van der Waals surface area contributed by atoms with E-state index in [1.54, 1.807) is 6.92 Å². The Labute approximate surface area is 124 Å². The Morgan fingerprint density at radius 1 is 1.14 bits per heavy atom. The minimum Gasteiger partial charge on any atom is -0.433 e. The van der Waals surface area contributed by atoms with Gasteiger partial charge in [0.2, 0.25) is 0 Å². The molecular weight excluding hydrogens is 266 g/mol. The number of carbonyl (C=O) groups excluding carboxylic acids is 1. The largest absolute Gasteiger partial charge is 0.535 e. The lowest BCUT2D eigenvalue weighted by molar-refractivity contribution is 0.0618. The zero-order valence-electron chi connectivity index (χ0n) is 12.1. The number of rotatable bonds is 4. The van der Waals surface area contributed by atoms with E-state index in [1.165, 1.54) is 11.8 Å². The molecule has 0 bridgehead atoms. The van der Waals surface area contributed by atoms with E-state index in [9.17, 15) is 4.79 Å². The Balaban J connectivity index is 2.19. The number of oxime groups is 1. The molecule has 0 unspecified atom stereocenters. The standard InChI is InChI=1S/C17H17NO3/c1-3-20-17(19)21-18-12-15-6-4-5-7-16(15)14-10-8-13(2)9-11-14/h4-12H,3H2,1-2H3/b18-12+. The highest BCUT2D eigenvalue weighted by Crippen LogP contribution is 2.22. The molecule has 4 heteroatoms. The highest BCUT2D eigenvalue weighted by Gasteiger charge is 2.04. The van der Waals surface area contributed by atoms with E-state index in [0.717, 1.165) is 16.7 Å². The fraction of sp³-hybridized carbons (Fsp3) is 0.176. The first-order chi connectivity index (χ1) is 10.2. The molecule has 108 valence electrons. The van der Waals surface area contributed by atoms with Crippen molar-refractivity contribution in [3.05, 3.63) is 59.7 Å². The van der Waals surface area contributed by atoms with Crippen molar-refractivity contribution in [1.82, 2.24) is 0 Å². The summed E-state index contributed by atoms with van der Waals surface area (Å²) in [7, 11) is 0. The van der Waals surface area contributed by atoms with Crippen LogP contribution in [0.4, 0.5) is 4.79 Å². The number of benzene rings is 2. The molecular formula is C17H17NO3. The van der Waals surface area contributed by atoms with Crippen LogP contribution in [0.15, 0.2) is 53.7 Å². The van der Waals surface area contributed by atoms with Gasteiger partial charge in [-0.3, -0.25) is 4.84 Å². The second-order valence-electron chi connectivity index (χ2n) is 4.46. The van der Waals surface area contributed by atoms with Crippen LogP contribution in [0.25, 0.3) is 11.1 Å². The monoisotopic (exact) mass is 283 g/mol. The minimum absolute atomic E-state index is 0.258. The molecule has 0 saturated carbocycles. The van der Waals surface area contributed by atoms with Gasteiger partial charge < -0.3 is 4.74 Å². The van der Waals surface area contributed by atoms with Crippen LogP contribution in [0.2, 0.25) is 0 Å². The second-order valence-corrected chi connectivity index (χ2v) is 4.46. The van der Waals surface area contributed by atoms with Crippen molar-refractivity contribution in [2.24, 2.45) is 5.16 Å². The van der Waals surface area contributed by atoms with E-state index < -0.39 is 6.16 Å². The molecule has 0 aliphatic heterocycles. The maximum absolute atomic E-state index is 11.1. The van der Waals surface area contributed by atoms with Crippen LogP contribution < -0.4 is 0 Å². The van der Waals surface area contributed by atoms with Gasteiger partial charge in [0.25, 0.3) is 0 Å². The molecule has 4 nitrogen and oxygen atoms in total. The van der Waals surface area contributed by atoms with Gasteiger partial charge in [0.05, 0.1) is 12.8 Å². The Hall–Kier alpha value is -2.62. The predicted molar refractivity (Wildman–Crippen MR) is 82.3 cm³/mol. The molecule has 0 atom stereocenters. The molecule has 21 heavy (non-hydrogen) atoms. The molecule has 0 fully saturated rings. The van der Waals surface area contributed by atoms with Gasteiger partial charge in [0, 0.05) is 5.56 Å². The molecule has 0 aliphatic carbocycles. The van der Waals surface area contributed by atoms with Gasteiger partial charge >= 0.3 is 6.16 Å². The van der Waals surface area contributed by atoms with Crippen LogP contribution >= 0.6 is 0 Å². The summed E-state index contributed by atoms with van der Waals surface area (Å²) in [5, 5.41) is 3.66. The predicted octanol–water partition coefficient (Wildman–Crippen LogP) is 4.17. The van der Waals surface area contributed by atoms with Crippen molar-refractivity contribution in [3.63, 3.8) is 0 Å². The summed E-state index contributed by atoms with van der Waals surface area (Å²) in [5.41, 5.74) is 4.17. The Kier molecular flexibility index (Phi) is 5.10. The third-order valence-electron chi connectivity index (χ3n) is 2.90. The molecule has 0 saturated heterocycles. The first-order valence-electron chi connectivity index (χ1n) is 6.74. The summed E-state index contributed by atoms with van der Waals surface area (Å²) in [6.45, 7) is 4.01. The number of hydrogen-bond acceptors (Lipinski definition) is 4. The first kappa shape index (κ1) is 14.8. The topological polar surface area (TPSA) is 47.9 Å². The quantitative estimate of drug-likeness (QED) is 0.366. The van der Waals surface area contributed by atoms with Crippen LogP contribution in [0.5, 0.6) is 0 Å². The summed E-state index contributed by atoms with van der Waals surface area (Å²) < 4.78 is 4.63. The van der Waals surface area contributed by atoms with Crippen LogP contribution in [0.3, 0.4) is 0 Å². The van der Waals surface area contributed by atoms with Gasteiger partial charge in [-0.2, -0.15) is 0 Å². The number of hydrogen-bond donors (Lipinski definition) is 0. The van der Waals surface area contributed by atoms with E-state index in [4.69, 9.17) is 0 Å². The molecule has 0 spiro atoms. The highest BCUT2D eigenvalue weighted by molar-refractivity contribution is 5.90. The average molecular weight is 283 g/mol. The van der Waals surface area contributed by atoms with Gasteiger partial charge in [-0.25, -0.2) is 4.79 Å². The lowest BCUT2D eigenvalue weighted by atomic mass is 9.99. The van der Waals surface area contributed by atoms with Crippen molar-refractivity contribution in [2.75, 3.05) is 6.61 Å². The number of ether oxygens (including phenoxy) is 1. The summed E-state index contributed by atoms with van der Waals surface area (Å²) in [5.74, 6) is 0. The lowest BCUT2D eigenvalue weighted by Crippen LogP contribution is -2.03. The van der Waals surface area contributed by atoms with E-state index in [1.807, 2.05) is 43.3 Å². The summed E-state index contributed by atoms with van der Waals surface area (Å²) >= 11 is 0. The zero-order valence-corrected chi connectivity index (χ0v) is 12.1. The SMILES string of the molecule is CCOC(=O)O/N=C/c1ccccc1-c1ccc(C)cc1. The molecule has 0 heterocycles. The van der Waals surface area contributed by atoms with E-state index in [0.29, 0.717) is 0 Å². The fourth-order valence-electron chi connectivity index (χ4n) is 1.88. The van der Waals surface area contributed by atoms with E-state index in [2.05, 4.69) is 26.9 Å². The number of aryl methyl sites for hydroxylation is 1. The maximum Gasteiger partial charge on any atom is 0.535 e. The average Bonchev–Trinajstić information content (AvgIpc) is 2.49. The van der Waals surface area contributed by atoms with Gasteiger partial charge in [0.15, 0.2) is 0 Å². The molecule has 0 amide bonds. The molecule has 0 aliphatic rings. The minimum atomic E-state index is -0.804. The zero-order chi connectivity index (χ0) is 15.1. The van der Waals surface area contributed by atoms with Gasteiger partial charge in [-0.05, 0) is 25.0 Å². The summed E-state index contributed by atoms with van der Waals surface area (Å²) in [6.07, 6.45) is 0.702. The first-order valence-corrected chi connectivity index (χ1v) is 6.74. The van der Waals surface area contributed by atoms with Crippen molar-refractivity contribution < 1.29 is 14.4 Å². The highest BCUT2D eigenvalue weighted by atomic mass is 16.8. The third kappa shape index (κ3) is 4.18. The van der Waals surface area contributed by atoms with Crippen LogP contribution in [0.1, 0.15) is 18.1 Å². The maximum atomic E-state index is 11.1. The smallest absolute Gasteiger partial charge is 0.433 e. The molecule has 2 aromatic rings. The Morgan fingerprint density at radius 2 is 1.86 bits per heavy atom. The van der Waals surface area contributed by atoms with Crippen molar-refractivity contribution in [1.29, 1.82) is 0 Å². The Morgan fingerprint density at radius 3 is 2.57 bits per heavy atom. The summed E-state index contributed by atoms with van der Waals surface area (Å²) in [6, 6.07) is 16.0. The molecule has 0 N–H and O–H groups in total. The Bertz CT molecular complexity index is 633. The van der Waals surface area contributed by atoms with E-state index >= 15 is 0 Å². The van der Waals surface area contributed by atoms with Crippen molar-refractivity contribution >= 4 is 12.4 Å². The third-order valence-corrected chi connectivity index (χ3v) is 2.90. The number of carbonyl (C=O) groups is 1. The van der Waals surface area contributed by atoms with Crippen LogP contribution in [-0.2, 0) is 9.57 Å². The molecule has 0 aromatic heterocycles. The van der Waals surface area contributed by atoms with Gasteiger partial charge in [0.1, 0.15) is 0 Å². The lowest BCUT2D eigenvalue weighted by Gasteiger charge is -2.06. The number of nitrogens with zero attached hydrogens (tertiary/aromatic N) is 1. The van der Waals surface area contributed by atoms with E-state index in [-0.39, 0.29) is 6.61 Å². The van der Waals surface area contributed by atoms with Gasteiger partial charge in [-0.1, -0.05) is 59.3 Å². The van der Waals surface area contributed by atoms with Crippen LogP contribution in [0, 0.1) is 6.92 Å². The molecule has 2 rings (SSSR count). The second kappa shape index (κ2) is 7.24. The fourth-order valence-corrected chi connectivity index (χ4v) is 1.88. The molecule has 2 aromatic carbocycles.